The van der Waals surface area contributed by atoms with Crippen LogP contribution in [0.1, 0.15) is 6.92 Å². The van der Waals surface area contributed by atoms with Crippen molar-refractivity contribution in [2.45, 2.75) is 19.1 Å². The fourth-order valence-corrected chi connectivity index (χ4v) is 1.42. The fraction of sp³-hybridized carbons (Fsp3) is 0.800. The van der Waals surface area contributed by atoms with E-state index in [1.54, 1.807) is 11.9 Å². The Morgan fingerprint density at radius 1 is 1.41 bits per heavy atom. The Morgan fingerprint density at radius 3 is 2.41 bits per heavy atom. The minimum Gasteiger partial charge on any atom is -0.480 e. The minimum absolute atomic E-state index is 0.121. The highest BCUT2D eigenvalue weighted by atomic mass is 16.5. The third kappa shape index (κ3) is 7.67. The van der Waals surface area contributed by atoms with E-state index in [4.69, 9.17) is 9.84 Å². The van der Waals surface area contributed by atoms with Crippen molar-refractivity contribution in [1.29, 1.82) is 0 Å². The largest absolute Gasteiger partial charge is 0.480 e. The van der Waals surface area contributed by atoms with Crippen molar-refractivity contribution in [3.63, 3.8) is 0 Å². The van der Waals surface area contributed by atoms with E-state index in [0.29, 0.717) is 0 Å². The van der Waals surface area contributed by atoms with Crippen molar-refractivity contribution in [2.75, 3.05) is 33.9 Å². The number of carbonyl (C=O) groups excluding carboxylic acids is 1. The molecule has 0 rings (SSSR count). The summed E-state index contributed by atoms with van der Waals surface area (Å²) in [4.78, 5) is 23.3. The average molecular weight is 248 g/mol. The molecular weight excluding hydrogens is 228 g/mol. The van der Waals surface area contributed by atoms with E-state index in [1.165, 1.54) is 14.0 Å². The van der Waals surface area contributed by atoms with Crippen LogP contribution in [0.3, 0.4) is 0 Å². The summed E-state index contributed by atoms with van der Waals surface area (Å²) in [5, 5.41) is 20.7. The quantitative estimate of drug-likeness (QED) is 0.484. The van der Waals surface area contributed by atoms with E-state index in [2.05, 4.69) is 5.32 Å². The number of likely N-dealkylation sites (N-methyl/N-ethyl adjacent to an activating group) is 1. The van der Waals surface area contributed by atoms with Crippen molar-refractivity contribution in [2.24, 2.45) is 0 Å². The first-order chi connectivity index (χ1) is 7.86. The van der Waals surface area contributed by atoms with Gasteiger partial charge in [-0.3, -0.25) is 4.79 Å². The Bertz CT molecular complexity index is 259. The summed E-state index contributed by atoms with van der Waals surface area (Å²) in [5.41, 5.74) is 0. The molecule has 0 aromatic heterocycles. The van der Waals surface area contributed by atoms with Gasteiger partial charge in [-0.15, -0.1) is 0 Å². The third-order valence-corrected chi connectivity index (χ3v) is 2.05. The van der Waals surface area contributed by atoms with Gasteiger partial charge in [0.05, 0.1) is 12.7 Å². The Kier molecular flexibility index (Phi) is 7.44. The second-order valence-corrected chi connectivity index (χ2v) is 3.92. The maximum Gasteiger partial charge on any atom is 0.327 e. The number of aliphatic hydroxyl groups is 1. The molecule has 0 saturated heterocycles. The lowest BCUT2D eigenvalue weighted by Crippen LogP contribution is -2.48. The number of hydrogen-bond donors (Lipinski definition) is 3. The van der Waals surface area contributed by atoms with Crippen LogP contribution in [0, 0.1) is 0 Å². The zero-order valence-corrected chi connectivity index (χ0v) is 10.3. The molecule has 0 fully saturated rings. The molecule has 0 heterocycles. The summed E-state index contributed by atoms with van der Waals surface area (Å²) < 4.78 is 4.76. The molecule has 7 heteroatoms. The number of carbonyl (C=O) groups is 2. The van der Waals surface area contributed by atoms with E-state index < -0.39 is 24.0 Å². The topological polar surface area (TPSA) is 99.1 Å². The summed E-state index contributed by atoms with van der Waals surface area (Å²) in [5.74, 6) is -1.50. The van der Waals surface area contributed by atoms with Gasteiger partial charge in [-0.25, -0.2) is 4.79 Å². The maximum atomic E-state index is 10.9. The van der Waals surface area contributed by atoms with Crippen LogP contribution >= 0.6 is 0 Å². The molecule has 2 unspecified atom stereocenters. The third-order valence-electron chi connectivity index (χ3n) is 2.05. The SMILES string of the molecule is COCC(O)CN(C)CC(NC(C)=O)C(=O)O. The summed E-state index contributed by atoms with van der Waals surface area (Å²) in [6, 6.07) is -0.979. The maximum absolute atomic E-state index is 10.9. The van der Waals surface area contributed by atoms with Gasteiger partial charge in [0.15, 0.2) is 0 Å². The second-order valence-electron chi connectivity index (χ2n) is 3.92. The predicted octanol–water partition coefficient (Wildman–Crippen LogP) is -1.49. The molecule has 0 aliphatic heterocycles. The molecule has 17 heavy (non-hydrogen) atoms. The fourth-order valence-electron chi connectivity index (χ4n) is 1.42. The lowest BCUT2D eigenvalue weighted by molar-refractivity contribution is -0.142. The molecule has 100 valence electrons. The predicted molar refractivity (Wildman–Crippen MR) is 60.6 cm³/mol. The highest BCUT2D eigenvalue weighted by Crippen LogP contribution is 1.94. The van der Waals surface area contributed by atoms with Gasteiger partial charge in [0.25, 0.3) is 0 Å². The Morgan fingerprint density at radius 2 is 2.00 bits per heavy atom. The van der Waals surface area contributed by atoms with Crippen LogP contribution in [-0.2, 0) is 14.3 Å². The van der Waals surface area contributed by atoms with Crippen molar-refractivity contribution < 1.29 is 24.5 Å². The van der Waals surface area contributed by atoms with Crippen LogP contribution in [0.15, 0.2) is 0 Å². The molecule has 0 aliphatic rings. The normalized spacial score (nSPS) is 14.4. The van der Waals surface area contributed by atoms with Crippen LogP contribution in [0.25, 0.3) is 0 Å². The first kappa shape index (κ1) is 15.8. The summed E-state index contributed by atoms with van der Waals surface area (Å²) in [7, 11) is 3.14. The number of aliphatic hydroxyl groups excluding tert-OH is 1. The van der Waals surface area contributed by atoms with Crippen molar-refractivity contribution in [3.05, 3.63) is 0 Å². The molecule has 0 radical (unpaired) electrons. The van der Waals surface area contributed by atoms with Crippen LogP contribution < -0.4 is 5.32 Å². The lowest BCUT2D eigenvalue weighted by Gasteiger charge is -2.23. The van der Waals surface area contributed by atoms with Crippen molar-refractivity contribution >= 4 is 11.9 Å². The molecule has 1 amide bonds. The molecule has 0 spiro atoms. The Labute approximate surface area is 100 Å². The number of amides is 1. The van der Waals surface area contributed by atoms with Gasteiger partial charge in [-0.05, 0) is 7.05 Å². The average Bonchev–Trinajstić information content (AvgIpc) is 2.15. The highest BCUT2D eigenvalue weighted by Gasteiger charge is 2.21. The molecular formula is C10H20N2O5. The first-order valence-electron chi connectivity index (χ1n) is 5.22. The Hall–Kier alpha value is -1.18. The van der Waals surface area contributed by atoms with Crippen LogP contribution in [0.5, 0.6) is 0 Å². The van der Waals surface area contributed by atoms with Gasteiger partial charge in [0, 0.05) is 27.1 Å². The Balaban J connectivity index is 4.16. The van der Waals surface area contributed by atoms with Crippen molar-refractivity contribution in [1.82, 2.24) is 10.2 Å². The number of rotatable bonds is 8. The van der Waals surface area contributed by atoms with E-state index >= 15 is 0 Å². The zero-order valence-electron chi connectivity index (χ0n) is 10.3. The molecule has 0 aromatic rings. The number of aliphatic carboxylic acids is 1. The molecule has 7 nitrogen and oxygen atoms in total. The van der Waals surface area contributed by atoms with Gasteiger partial charge >= 0.3 is 5.97 Å². The van der Waals surface area contributed by atoms with Gasteiger partial charge in [0.2, 0.25) is 5.91 Å². The van der Waals surface area contributed by atoms with E-state index in [0.717, 1.165) is 0 Å². The number of nitrogens with zero attached hydrogens (tertiary/aromatic N) is 1. The number of methoxy groups -OCH3 is 1. The molecule has 0 aliphatic carbocycles. The minimum atomic E-state index is -1.10. The van der Waals surface area contributed by atoms with E-state index in [9.17, 15) is 14.7 Å². The lowest BCUT2D eigenvalue weighted by atomic mass is 10.2. The van der Waals surface area contributed by atoms with Gasteiger partial charge in [-0.2, -0.15) is 0 Å². The molecule has 0 bridgehead atoms. The first-order valence-corrected chi connectivity index (χ1v) is 5.22. The molecule has 3 N–H and O–H groups in total. The van der Waals surface area contributed by atoms with Gasteiger partial charge in [0.1, 0.15) is 6.04 Å². The van der Waals surface area contributed by atoms with Gasteiger partial charge < -0.3 is 25.2 Å². The summed E-state index contributed by atoms with van der Waals surface area (Å²) >= 11 is 0. The smallest absolute Gasteiger partial charge is 0.327 e. The van der Waals surface area contributed by atoms with Crippen molar-refractivity contribution in [3.8, 4) is 0 Å². The summed E-state index contributed by atoms with van der Waals surface area (Å²) in [6.07, 6.45) is -0.684. The van der Waals surface area contributed by atoms with E-state index in [1.807, 2.05) is 0 Å². The highest BCUT2D eigenvalue weighted by molar-refractivity contribution is 5.82. The number of hydrogen-bond acceptors (Lipinski definition) is 5. The number of nitrogens with one attached hydrogen (secondary N) is 1. The molecule has 0 saturated carbocycles. The van der Waals surface area contributed by atoms with Crippen LogP contribution in [0.4, 0.5) is 0 Å². The molecule has 0 aromatic carbocycles. The number of carboxylic acid groups (broad SMARTS) is 1. The van der Waals surface area contributed by atoms with Crippen LogP contribution in [-0.4, -0.2) is 73.0 Å². The number of ether oxygens (including phenoxy) is 1. The van der Waals surface area contributed by atoms with Crippen LogP contribution in [0.2, 0.25) is 0 Å². The molecule has 2 atom stereocenters. The van der Waals surface area contributed by atoms with Gasteiger partial charge in [-0.1, -0.05) is 0 Å². The zero-order chi connectivity index (χ0) is 13.4. The standard InChI is InChI=1S/C10H20N2O5/c1-7(13)11-9(10(15)16)5-12(2)4-8(14)6-17-3/h8-9,14H,4-6H2,1-3H3,(H,11,13)(H,15,16). The second kappa shape index (κ2) is 7.99. The summed E-state index contributed by atoms with van der Waals surface area (Å²) in [6.45, 7) is 1.84. The monoisotopic (exact) mass is 248 g/mol. The van der Waals surface area contributed by atoms with E-state index in [-0.39, 0.29) is 19.7 Å². The number of carboxylic acids is 1.